The molecule has 1 nitrogen and oxygen atoms in total. The Morgan fingerprint density at radius 3 is 1.49 bits per heavy atom. The number of hydrogen-bond acceptors (Lipinski definition) is 1. The van der Waals surface area contributed by atoms with Gasteiger partial charge in [0.1, 0.15) is 0 Å². The van der Waals surface area contributed by atoms with Crippen LogP contribution in [0.4, 0.5) is 0 Å². The third-order valence-electron chi connectivity index (χ3n) is 4.50. The molecule has 0 spiro atoms. The van der Waals surface area contributed by atoms with Crippen molar-refractivity contribution in [3.05, 3.63) is 88.1 Å². The van der Waals surface area contributed by atoms with Crippen molar-refractivity contribution in [1.82, 2.24) is 4.40 Å². The van der Waals surface area contributed by atoms with Crippen LogP contribution in [0.2, 0.25) is 0 Å². The summed E-state index contributed by atoms with van der Waals surface area (Å²) in [6.07, 6.45) is 18.7. The molecule has 0 fully saturated rings. The van der Waals surface area contributed by atoms with E-state index in [1.54, 1.807) is 11.3 Å². The van der Waals surface area contributed by atoms with E-state index in [-0.39, 0.29) is 0 Å². The SMILES string of the molecule is C=Cc1sc(C=C)c(C=C)n2c(C=C)c(/C=C\C)c(C=C)c2c(=C)c1/C=C\C.CC.CC.CCC. The Kier molecular flexibility index (Phi) is 18.7. The normalized spacial score (nSPS) is 9.71. The Balaban J connectivity index is 0. The van der Waals surface area contributed by atoms with Gasteiger partial charge in [0, 0.05) is 26.8 Å². The predicted octanol–water partition coefficient (Wildman–Crippen LogP) is 11.0. The molecule has 0 aromatic carbocycles. The summed E-state index contributed by atoms with van der Waals surface area (Å²) in [5.74, 6) is 0. The van der Waals surface area contributed by atoms with Crippen LogP contribution in [0.25, 0.3) is 54.6 Å². The lowest BCUT2D eigenvalue weighted by Crippen LogP contribution is -2.10. The minimum atomic E-state index is 0.900. The molecule has 0 amide bonds. The Labute approximate surface area is 219 Å². The highest BCUT2D eigenvalue weighted by atomic mass is 32.1. The van der Waals surface area contributed by atoms with E-state index in [0.29, 0.717) is 0 Å². The second-order valence-corrected chi connectivity index (χ2v) is 7.82. The zero-order valence-corrected chi connectivity index (χ0v) is 24.3. The molecule has 2 heteroatoms. The van der Waals surface area contributed by atoms with Gasteiger partial charge in [-0.25, -0.2) is 0 Å². The molecular weight excluding hydrogens is 442 g/mol. The zero-order valence-electron chi connectivity index (χ0n) is 23.5. The monoisotopic (exact) mass is 489 g/mol. The Hall–Kier alpha value is -3.10. The third-order valence-corrected chi connectivity index (χ3v) is 5.71. The first-order valence-electron chi connectivity index (χ1n) is 12.5. The average molecular weight is 490 g/mol. The molecule has 0 aliphatic heterocycles. The van der Waals surface area contributed by atoms with Crippen LogP contribution >= 0.6 is 11.3 Å². The van der Waals surface area contributed by atoms with E-state index in [9.17, 15) is 0 Å². The first-order valence-corrected chi connectivity index (χ1v) is 13.3. The fraction of sp³-hybridized carbons (Fsp3) is 0.273. The average Bonchev–Trinajstić information content (AvgIpc) is 3.20. The van der Waals surface area contributed by atoms with Crippen LogP contribution in [0.5, 0.6) is 0 Å². The molecule has 2 rings (SSSR count). The van der Waals surface area contributed by atoms with Gasteiger partial charge in [-0.2, -0.15) is 0 Å². The summed E-state index contributed by atoms with van der Waals surface area (Å²) in [5, 5.41) is 0.900. The molecule has 0 bridgehead atoms. The molecule has 2 aromatic rings. The van der Waals surface area contributed by atoms with E-state index in [0.717, 1.165) is 48.6 Å². The largest absolute Gasteiger partial charge is 0.307 e. The van der Waals surface area contributed by atoms with E-state index in [4.69, 9.17) is 0 Å². The number of aromatic nitrogens is 1. The molecule has 0 unspecified atom stereocenters. The van der Waals surface area contributed by atoms with Crippen molar-refractivity contribution in [2.24, 2.45) is 0 Å². The van der Waals surface area contributed by atoms with Gasteiger partial charge in [-0.3, -0.25) is 0 Å². The maximum Gasteiger partial charge on any atom is 0.0628 e. The van der Waals surface area contributed by atoms with E-state index in [1.807, 2.05) is 84.1 Å². The van der Waals surface area contributed by atoms with Gasteiger partial charge >= 0.3 is 0 Å². The smallest absolute Gasteiger partial charge is 0.0628 e. The van der Waals surface area contributed by atoms with E-state index in [2.05, 4.69) is 69.9 Å². The molecule has 0 saturated carbocycles. The molecule has 0 aliphatic carbocycles. The number of rotatable bonds is 7. The zero-order chi connectivity index (χ0) is 27.6. The summed E-state index contributed by atoms with van der Waals surface area (Å²) in [7, 11) is 0. The van der Waals surface area contributed by atoms with Crippen molar-refractivity contribution in [3.63, 3.8) is 0 Å². The first-order chi connectivity index (χ1) is 16.9. The second-order valence-electron chi connectivity index (χ2n) is 6.73. The lowest BCUT2D eigenvalue weighted by molar-refractivity contribution is 1.09. The third kappa shape index (κ3) is 7.97. The molecule has 190 valence electrons. The van der Waals surface area contributed by atoms with Crippen LogP contribution in [-0.2, 0) is 0 Å². The Bertz CT molecular complexity index is 1140. The van der Waals surface area contributed by atoms with Gasteiger partial charge in [0.25, 0.3) is 0 Å². The Morgan fingerprint density at radius 2 is 1.11 bits per heavy atom. The molecule has 35 heavy (non-hydrogen) atoms. The summed E-state index contributed by atoms with van der Waals surface area (Å²) in [6.45, 7) is 41.0. The minimum absolute atomic E-state index is 0.900. The highest BCUT2D eigenvalue weighted by Gasteiger charge is 2.17. The molecule has 0 aliphatic rings. The molecule has 2 aromatic heterocycles. The maximum absolute atomic E-state index is 4.45. The minimum Gasteiger partial charge on any atom is -0.307 e. The van der Waals surface area contributed by atoms with Crippen LogP contribution < -0.4 is 5.22 Å². The van der Waals surface area contributed by atoms with Crippen LogP contribution in [-0.4, -0.2) is 4.40 Å². The van der Waals surface area contributed by atoms with Crippen LogP contribution in [0.3, 0.4) is 0 Å². The first kappa shape index (κ1) is 34.1. The van der Waals surface area contributed by atoms with Crippen molar-refractivity contribution >= 4 is 66.0 Å². The molecule has 0 saturated heterocycles. The summed E-state index contributed by atoms with van der Waals surface area (Å²) in [6, 6.07) is 0. The van der Waals surface area contributed by atoms with Gasteiger partial charge in [-0.15, -0.1) is 11.3 Å². The van der Waals surface area contributed by atoms with Gasteiger partial charge in [-0.05, 0) is 26.0 Å². The van der Waals surface area contributed by atoms with Gasteiger partial charge in [0.05, 0.1) is 21.8 Å². The summed E-state index contributed by atoms with van der Waals surface area (Å²) in [4.78, 5) is 2.01. The number of nitrogens with zero attached hydrogens (tertiary/aromatic N) is 1. The summed E-state index contributed by atoms with van der Waals surface area (Å²) >= 11 is 1.61. The summed E-state index contributed by atoms with van der Waals surface area (Å²) in [5.41, 5.74) is 5.97. The van der Waals surface area contributed by atoms with Crippen LogP contribution in [0.1, 0.15) is 99.6 Å². The second kappa shape index (κ2) is 19.2. The Morgan fingerprint density at radius 1 is 0.657 bits per heavy atom. The quantitative estimate of drug-likeness (QED) is 0.364. The van der Waals surface area contributed by atoms with Crippen molar-refractivity contribution in [2.75, 3.05) is 0 Å². The topological polar surface area (TPSA) is 4.41 Å². The van der Waals surface area contributed by atoms with E-state index in [1.165, 1.54) is 6.42 Å². The van der Waals surface area contributed by atoms with Gasteiger partial charge in [0.2, 0.25) is 0 Å². The number of hydrogen-bond donors (Lipinski definition) is 0. The summed E-state index contributed by atoms with van der Waals surface area (Å²) < 4.78 is 2.15. The van der Waals surface area contributed by atoms with Crippen LogP contribution in [0.15, 0.2) is 45.0 Å². The fourth-order valence-electron chi connectivity index (χ4n) is 3.38. The van der Waals surface area contributed by atoms with Crippen molar-refractivity contribution in [1.29, 1.82) is 0 Å². The number of allylic oxidation sites excluding steroid dienone is 2. The highest BCUT2D eigenvalue weighted by Crippen LogP contribution is 2.31. The van der Waals surface area contributed by atoms with Gasteiger partial charge in [0.15, 0.2) is 0 Å². The van der Waals surface area contributed by atoms with Gasteiger partial charge < -0.3 is 4.40 Å². The lowest BCUT2D eigenvalue weighted by Gasteiger charge is -2.10. The predicted molar refractivity (Wildman–Crippen MR) is 172 cm³/mol. The molecule has 0 radical (unpaired) electrons. The van der Waals surface area contributed by atoms with Crippen molar-refractivity contribution in [3.8, 4) is 0 Å². The molecule has 0 atom stereocenters. The van der Waals surface area contributed by atoms with E-state index < -0.39 is 0 Å². The van der Waals surface area contributed by atoms with Crippen molar-refractivity contribution in [2.45, 2.75) is 61.8 Å². The molecule has 0 N–H and O–H groups in total. The van der Waals surface area contributed by atoms with E-state index >= 15 is 0 Å². The highest BCUT2D eigenvalue weighted by molar-refractivity contribution is 7.13. The lowest BCUT2D eigenvalue weighted by atomic mass is 10.1. The standard InChI is InChI=1S/C26H27NS.C3H8.2C2H6/c1-9-16-20-18(8)26-19(11-3)21(17-10-2)22(12-4)27(26)23(13-5)25(15-7)28-24(20)14-6;1-3-2;2*1-2/h9-17H,3-8H2,1-2H3;3H2,1-2H3;2*1-2H3/b16-9-,17-10-,24-20?,25-23?;;;. The molecule has 2 heterocycles. The van der Waals surface area contributed by atoms with Gasteiger partial charge in [-0.1, -0.05) is 130 Å². The van der Waals surface area contributed by atoms with Crippen molar-refractivity contribution < 1.29 is 0 Å². The maximum atomic E-state index is 4.45. The fourth-order valence-corrected chi connectivity index (χ4v) is 4.36. The van der Waals surface area contributed by atoms with Crippen LogP contribution in [0, 0.1) is 0 Å². The molecular formula is C33H47NS. The number of fused-ring (bicyclic) bond motifs is 1.